The number of amides is 1. The monoisotopic (exact) mass is 407 g/mol. The standard InChI is InChI=1S/C16H19F2NO7S/c1-23-11-6-9(15(22)25-3)10(7-12(11)26-16(17)18)19-13(20)4-5-27-8-14(21)24-2/h6-7,16H,4-5,8H2,1-3H3,(H,19,20). The van der Waals surface area contributed by atoms with Crippen LogP contribution in [-0.2, 0) is 19.1 Å². The highest BCUT2D eigenvalue weighted by atomic mass is 32.2. The molecule has 11 heteroatoms. The fourth-order valence-electron chi connectivity index (χ4n) is 1.88. The van der Waals surface area contributed by atoms with Crippen LogP contribution in [0.4, 0.5) is 14.5 Å². The maximum atomic E-state index is 12.6. The number of esters is 2. The first-order valence-electron chi connectivity index (χ1n) is 7.51. The summed E-state index contributed by atoms with van der Waals surface area (Å²) < 4.78 is 43.5. The fraction of sp³-hybridized carbons (Fsp3) is 0.438. The van der Waals surface area contributed by atoms with Crippen LogP contribution in [0.15, 0.2) is 12.1 Å². The first kappa shape index (κ1) is 22.5. The predicted octanol–water partition coefficient (Wildman–Crippen LogP) is 2.32. The Balaban J connectivity index is 2.93. The number of hydrogen-bond donors (Lipinski definition) is 1. The minimum atomic E-state index is -3.12. The molecule has 1 aromatic carbocycles. The third-order valence-electron chi connectivity index (χ3n) is 3.12. The van der Waals surface area contributed by atoms with Crippen LogP contribution in [0.2, 0.25) is 0 Å². The van der Waals surface area contributed by atoms with Crippen LogP contribution < -0.4 is 14.8 Å². The molecule has 1 aromatic rings. The lowest BCUT2D eigenvalue weighted by atomic mass is 10.1. The van der Waals surface area contributed by atoms with Crippen molar-refractivity contribution in [1.82, 2.24) is 0 Å². The van der Waals surface area contributed by atoms with Crippen LogP contribution in [0.25, 0.3) is 0 Å². The highest BCUT2D eigenvalue weighted by molar-refractivity contribution is 7.99. The van der Waals surface area contributed by atoms with Crippen molar-refractivity contribution >= 4 is 35.3 Å². The number of ether oxygens (including phenoxy) is 4. The van der Waals surface area contributed by atoms with Gasteiger partial charge in [0, 0.05) is 24.3 Å². The van der Waals surface area contributed by atoms with E-state index in [9.17, 15) is 23.2 Å². The summed E-state index contributed by atoms with van der Waals surface area (Å²) in [5.74, 6) is -1.79. The molecule has 0 radical (unpaired) electrons. The molecule has 0 bridgehead atoms. The van der Waals surface area contributed by atoms with Crippen LogP contribution in [0.5, 0.6) is 11.5 Å². The molecule has 0 atom stereocenters. The van der Waals surface area contributed by atoms with Gasteiger partial charge in [0.15, 0.2) is 11.5 Å². The van der Waals surface area contributed by atoms with Crippen LogP contribution in [0.3, 0.4) is 0 Å². The summed E-state index contributed by atoms with van der Waals surface area (Å²) >= 11 is 1.19. The van der Waals surface area contributed by atoms with Crippen LogP contribution in [0.1, 0.15) is 16.8 Å². The van der Waals surface area contributed by atoms with Crippen molar-refractivity contribution in [3.63, 3.8) is 0 Å². The second-order valence-corrected chi connectivity index (χ2v) is 5.95. The molecule has 1 rings (SSSR count). The third-order valence-corrected chi connectivity index (χ3v) is 4.05. The van der Waals surface area contributed by atoms with Gasteiger partial charge in [-0.05, 0) is 0 Å². The van der Waals surface area contributed by atoms with E-state index in [1.807, 2.05) is 0 Å². The second kappa shape index (κ2) is 11.2. The lowest BCUT2D eigenvalue weighted by Gasteiger charge is -2.15. The van der Waals surface area contributed by atoms with Gasteiger partial charge >= 0.3 is 18.6 Å². The number of hydrogen-bond acceptors (Lipinski definition) is 8. The summed E-state index contributed by atoms with van der Waals surface area (Å²) in [5.41, 5.74) is -0.159. The van der Waals surface area contributed by atoms with Gasteiger partial charge in [-0.3, -0.25) is 9.59 Å². The Morgan fingerprint density at radius 3 is 2.37 bits per heavy atom. The normalized spacial score (nSPS) is 10.3. The fourth-order valence-corrected chi connectivity index (χ4v) is 2.64. The molecule has 0 unspecified atom stereocenters. The van der Waals surface area contributed by atoms with Gasteiger partial charge in [-0.25, -0.2) is 4.79 Å². The summed E-state index contributed by atoms with van der Waals surface area (Å²) in [6.45, 7) is -3.12. The minimum Gasteiger partial charge on any atom is -0.493 e. The van der Waals surface area contributed by atoms with Crippen LogP contribution in [0, 0.1) is 0 Å². The molecular weight excluding hydrogens is 388 g/mol. The number of carbonyl (C=O) groups excluding carboxylic acids is 3. The maximum absolute atomic E-state index is 12.6. The number of nitrogens with one attached hydrogen (secondary N) is 1. The zero-order valence-electron chi connectivity index (χ0n) is 14.9. The van der Waals surface area contributed by atoms with Gasteiger partial charge in [-0.15, -0.1) is 11.8 Å². The van der Waals surface area contributed by atoms with Gasteiger partial charge in [-0.2, -0.15) is 8.78 Å². The Morgan fingerprint density at radius 1 is 1.11 bits per heavy atom. The molecule has 1 amide bonds. The smallest absolute Gasteiger partial charge is 0.387 e. The number of benzene rings is 1. The zero-order chi connectivity index (χ0) is 20.4. The Kier molecular flexibility index (Phi) is 9.34. The zero-order valence-corrected chi connectivity index (χ0v) is 15.7. The van der Waals surface area contributed by atoms with Crippen LogP contribution in [-0.4, -0.2) is 57.3 Å². The van der Waals surface area contributed by atoms with E-state index in [4.69, 9.17) is 4.74 Å². The molecule has 0 saturated carbocycles. The Hall–Kier alpha value is -2.56. The van der Waals surface area contributed by atoms with Crippen molar-refractivity contribution in [3.05, 3.63) is 17.7 Å². The molecule has 0 heterocycles. The van der Waals surface area contributed by atoms with Crippen molar-refractivity contribution in [1.29, 1.82) is 0 Å². The molecule has 0 aliphatic rings. The first-order valence-corrected chi connectivity index (χ1v) is 8.67. The van der Waals surface area contributed by atoms with Gasteiger partial charge in [0.25, 0.3) is 0 Å². The van der Waals surface area contributed by atoms with Crippen molar-refractivity contribution in [3.8, 4) is 11.5 Å². The summed E-state index contributed by atoms with van der Waals surface area (Å²) in [5, 5.41) is 2.44. The van der Waals surface area contributed by atoms with Gasteiger partial charge in [0.2, 0.25) is 5.91 Å². The molecule has 0 aromatic heterocycles. The Labute approximate surface area is 158 Å². The highest BCUT2D eigenvalue weighted by Gasteiger charge is 2.21. The summed E-state index contributed by atoms with van der Waals surface area (Å²) in [4.78, 5) is 35.0. The first-order chi connectivity index (χ1) is 12.8. The van der Waals surface area contributed by atoms with Gasteiger partial charge in [0.05, 0.1) is 38.3 Å². The number of thioether (sulfide) groups is 1. The Morgan fingerprint density at radius 2 is 1.81 bits per heavy atom. The quantitative estimate of drug-likeness (QED) is 0.466. The van der Waals surface area contributed by atoms with Gasteiger partial charge in [-0.1, -0.05) is 0 Å². The summed E-state index contributed by atoms with van der Waals surface area (Å²) in [6, 6.07) is 2.18. The van der Waals surface area contributed by atoms with E-state index in [1.54, 1.807) is 0 Å². The molecular formula is C16H19F2NO7S. The van der Waals surface area contributed by atoms with Crippen molar-refractivity contribution in [2.45, 2.75) is 13.0 Å². The number of carbonyl (C=O) groups is 3. The lowest BCUT2D eigenvalue weighted by Crippen LogP contribution is -2.17. The van der Waals surface area contributed by atoms with E-state index in [2.05, 4.69) is 19.5 Å². The number of anilines is 1. The predicted molar refractivity (Wildman–Crippen MR) is 93.6 cm³/mol. The molecule has 0 saturated heterocycles. The van der Waals surface area contributed by atoms with E-state index < -0.39 is 24.5 Å². The highest BCUT2D eigenvalue weighted by Crippen LogP contribution is 2.35. The number of halogens is 2. The molecule has 8 nitrogen and oxygen atoms in total. The average molecular weight is 407 g/mol. The molecule has 0 aliphatic carbocycles. The second-order valence-electron chi connectivity index (χ2n) is 4.85. The van der Waals surface area contributed by atoms with Crippen molar-refractivity contribution in [2.24, 2.45) is 0 Å². The van der Waals surface area contributed by atoms with Gasteiger partial charge in [0.1, 0.15) is 0 Å². The molecule has 150 valence electrons. The van der Waals surface area contributed by atoms with E-state index in [-0.39, 0.29) is 34.9 Å². The van der Waals surface area contributed by atoms with Crippen molar-refractivity contribution < 1.29 is 42.1 Å². The Bertz CT molecular complexity index is 685. The van der Waals surface area contributed by atoms with E-state index in [0.717, 1.165) is 19.2 Å². The minimum absolute atomic E-state index is 0.0132. The summed E-state index contributed by atoms with van der Waals surface area (Å²) in [6.07, 6.45) is 0.0132. The molecule has 27 heavy (non-hydrogen) atoms. The van der Waals surface area contributed by atoms with Gasteiger partial charge < -0.3 is 24.3 Å². The molecule has 0 aliphatic heterocycles. The number of alkyl halides is 2. The van der Waals surface area contributed by atoms with Crippen LogP contribution >= 0.6 is 11.8 Å². The average Bonchev–Trinajstić information content (AvgIpc) is 2.64. The molecule has 1 N–H and O–H groups in total. The van der Waals surface area contributed by atoms with E-state index in [0.29, 0.717) is 5.75 Å². The maximum Gasteiger partial charge on any atom is 0.387 e. The van der Waals surface area contributed by atoms with E-state index in [1.165, 1.54) is 26.0 Å². The lowest BCUT2D eigenvalue weighted by molar-refractivity contribution is -0.137. The SMILES string of the molecule is COC(=O)CSCCC(=O)Nc1cc(OC(F)F)c(OC)cc1C(=O)OC. The van der Waals surface area contributed by atoms with E-state index >= 15 is 0 Å². The van der Waals surface area contributed by atoms with Crippen molar-refractivity contribution in [2.75, 3.05) is 38.2 Å². The molecule has 0 spiro atoms. The largest absolute Gasteiger partial charge is 0.493 e. The number of rotatable bonds is 10. The third kappa shape index (κ3) is 7.29. The number of methoxy groups -OCH3 is 3. The molecule has 0 fully saturated rings. The summed E-state index contributed by atoms with van der Waals surface area (Å²) in [7, 11) is 3.60. The topological polar surface area (TPSA) is 100 Å².